The second kappa shape index (κ2) is 7.55. The van der Waals surface area contributed by atoms with E-state index >= 15 is 0 Å². The summed E-state index contributed by atoms with van der Waals surface area (Å²) in [5.41, 5.74) is 1.43. The van der Waals surface area contributed by atoms with Gasteiger partial charge in [0.1, 0.15) is 0 Å². The van der Waals surface area contributed by atoms with Crippen molar-refractivity contribution in [3.63, 3.8) is 0 Å². The molecule has 0 aliphatic carbocycles. The van der Waals surface area contributed by atoms with E-state index in [0.29, 0.717) is 6.10 Å². The van der Waals surface area contributed by atoms with Crippen molar-refractivity contribution >= 4 is 0 Å². The number of nitrogens with zero attached hydrogens (tertiary/aromatic N) is 1. The molecule has 0 amide bonds. The molecule has 0 radical (unpaired) electrons. The molecule has 1 aliphatic rings. The molecule has 1 saturated heterocycles. The van der Waals surface area contributed by atoms with Crippen LogP contribution in [0.25, 0.3) is 0 Å². The van der Waals surface area contributed by atoms with Gasteiger partial charge in [0.2, 0.25) is 0 Å². The van der Waals surface area contributed by atoms with Crippen LogP contribution in [0.4, 0.5) is 0 Å². The lowest BCUT2D eigenvalue weighted by molar-refractivity contribution is 0.0997. The summed E-state index contributed by atoms with van der Waals surface area (Å²) in [4.78, 5) is 2.43. The highest BCUT2D eigenvalue weighted by atomic mass is 16.5. The lowest BCUT2D eigenvalue weighted by atomic mass is 10.1. The first-order valence-corrected chi connectivity index (χ1v) is 7.18. The van der Waals surface area contributed by atoms with Crippen LogP contribution < -0.4 is 0 Å². The number of likely N-dealkylation sites (N-methyl/N-ethyl adjacent to an activating group) is 1. The van der Waals surface area contributed by atoms with Crippen molar-refractivity contribution < 1.29 is 4.74 Å². The summed E-state index contributed by atoms with van der Waals surface area (Å²) in [5, 5.41) is 0. The summed E-state index contributed by atoms with van der Waals surface area (Å²) in [6.07, 6.45) is 6.72. The molecule has 1 aliphatic heterocycles. The number of rotatable bonds is 7. The van der Waals surface area contributed by atoms with E-state index in [9.17, 15) is 0 Å². The van der Waals surface area contributed by atoms with Crippen molar-refractivity contribution in [3.05, 3.63) is 35.9 Å². The number of benzene rings is 1. The van der Waals surface area contributed by atoms with E-state index < -0.39 is 0 Å². The largest absolute Gasteiger partial charge is 0.378 e. The smallest absolute Gasteiger partial charge is 0.0576 e. The van der Waals surface area contributed by atoms with Crippen molar-refractivity contribution in [2.24, 2.45) is 0 Å². The van der Waals surface area contributed by atoms with Gasteiger partial charge in [-0.15, -0.1) is 0 Å². The Bertz CT molecular complexity index is 319. The molecule has 0 saturated carbocycles. The molecule has 100 valence electrons. The van der Waals surface area contributed by atoms with Crippen LogP contribution in [0.3, 0.4) is 0 Å². The molecule has 1 aromatic rings. The van der Waals surface area contributed by atoms with Crippen LogP contribution in [0.2, 0.25) is 0 Å². The summed E-state index contributed by atoms with van der Waals surface area (Å²) in [6, 6.07) is 10.7. The Labute approximate surface area is 111 Å². The monoisotopic (exact) mass is 247 g/mol. The fourth-order valence-electron chi connectivity index (χ4n) is 2.54. The summed E-state index contributed by atoms with van der Waals surface area (Å²) < 4.78 is 5.65. The molecule has 0 spiro atoms. The Morgan fingerprint density at radius 3 is 2.78 bits per heavy atom. The van der Waals surface area contributed by atoms with Crippen molar-refractivity contribution in [1.82, 2.24) is 4.90 Å². The van der Waals surface area contributed by atoms with E-state index in [0.717, 1.165) is 19.6 Å². The van der Waals surface area contributed by atoms with Crippen LogP contribution >= 0.6 is 0 Å². The number of ether oxygens (including phenoxy) is 1. The normalized spacial score (nSPS) is 19.6. The van der Waals surface area contributed by atoms with Gasteiger partial charge in [0.15, 0.2) is 0 Å². The SMILES string of the molecule is CN(CCC[C@H]1CCCO1)CCc1ccccc1. The van der Waals surface area contributed by atoms with E-state index in [1.165, 1.54) is 37.8 Å². The van der Waals surface area contributed by atoms with Gasteiger partial charge in [0, 0.05) is 13.2 Å². The Balaban J connectivity index is 1.56. The lowest BCUT2D eigenvalue weighted by Crippen LogP contribution is -2.23. The highest BCUT2D eigenvalue weighted by Crippen LogP contribution is 2.16. The van der Waals surface area contributed by atoms with Crippen LogP contribution in [-0.4, -0.2) is 37.7 Å². The molecule has 18 heavy (non-hydrogen) atoms. The van der Waals surface area contributed by atoms with Gasteiger partial charge in [-0.05, 0) is 51.3 Å². The van der Waals surface area contributed by atoms with Gasteiger partial charge in [-0.1, -0.05) is 30.3 Å². The molecule has 1 fully saturated rings. The van der Waals surface area contributed by atoms with Crippen LogP contribution in [0.15, 0.2) is 30.3 Å². The molecular formula is C16H25NO. The molecule has 1 aromatic carbocycles. The van der Waals surface area contributed by atoms with Crippen LogP contribution in [-0.2, 0) is 11.2 Å². The number of hydrogen-bond acceptors (Lipinski definition) is 2. The zero-order valence-corrected chi connectivity index (χ0v) is 11.5. The lowest BCUT2D eigenvalue weighted by Gasteiger charge is -2.17. The molecule has 2 nitrogen and oxygen atoms in total. The van der Waals surface area contributed by atoms with Gasteiger partial charge in [-0.25, -0.2) is 0 Å². The molecule has 1 heterocycles. The second-order valence-electron chi connectivity index (χ2n) is 5.32. The first kappa shape index (κ1) is 13.6. The fourth-order valence-corrected chi connectivity index (χ4v) is 2.54. The average Bonchev–Trinajstić information content (AvgIpc) is 2.91. The second-order valence-corrected chi connectivity index (χ2v) is 5.32. The average molecular weight is 247 g/mol. The maximum Gasteiger partial charge on any atom is 0.0576 e. The molecule has 2 heteroatoms. The van der Waals surface area contributed by atoms with E-state index in [-0.39, 0.29) is 0 Å². The van der Waals surface area contributed by atoms with Crippen molar-refractivity contribution in [2.45, 2.75) is 38.2 Å². The summed E-state index contributed by atoms with van der Waals surface area (Å²) in [5.74, 6) is 0. The summed E-state index contributed by atoms with van der Waals surface area (Å²) >= 11 is 0. The number of hydrogen-bond donors (Lipinski definition) is 0. The maximum atomic E-state index is 5.65. The first-order valence-electron chi connectivity index (χ1n) is 7.18. The zero-order valence-electron chi connectivity index (χ0n) is 11.5. The van der Waals surface area contributed by atoms with E-state index in [1.807, 2.05) is 0 Å². The van der Waals surface area contributed by atoms with Gasteiger partial charge in [-0.3, -0.25) is 0 Å². The summed E-state index contributed by atoms with van der Waals surface area (Å²) in [7, 11) is 2.22. The Morgan fingerprint density at radius 1 is 1.22 bits per heavy atom. The van der Waals surface area contributed by atoms with E-state index in [1.54, 1.807) is 0 Å². The van der Waals surface area contributed by atoms with E-state index in [2.05, 4.69) is 42.3 Å². The topological polar surface area (TPSA) is 12.5 Å². The third-order valence-electron chi connectivity index (χ3n) is 3.71. The van der Waals surface area contributed by atoms with Crippen molar-refractivity contribution in [3.8, 4) is 0 Å². The van der Waals surface area contributed by atoms with Gasteiger partial charge >= 0.3 is 0 Å². The minimum absolute atomic E-state index is 0.549. The predicted molar refractivity (Wildman–Crippen MR) is 75.9 cm³/mol. The minimum Gasteiger partial charge on any atom is -0.378 e. The molecular weight excluding hydrogens is 222 g/mol. The highest BCUT2D eigenvalue weighted by molar-refractivity contribution is 5.14. The molecule has 0 N–H and O–H groups in total. The molecule has 0 bridgehead atoms. The van der Waals surface area contributed by atoms with Gasteiger partial charge in [-0.2, -0.15) is 0 Å². The molecule has 0 unspecified atom stereocenters. The van der Waals surface area contributed by atoms with Crippen molar-refractivity contribution in [1.29, 1.82) is 0 Å². The fraction of sp³-hybridized carbons (Fsp3) is 0.625. The molecule has 2 rings (SSSR count). The molecule has 1 atom stereocenters. The third kappa shape index (κ3) is 4.79. The quantitative estimate of drug-likeness (QED) is 0.734. The van der Waals surface area contributed by atoms with Crippen LogP contribution in [0.1, 0.15) is 31.2 Å². The van der Waals surface area contributed by atoms with Gasteiger partial charge in [0.05, 0.1) is 6.10 Å². The Kier molecular flexibility index (Phi) is 5.69. The molecule has 0 aromatic heterocycles. The predicted octanol–water partition coefficient (Wildman–Crippen LogP) is 3.12. The zero-order chi connectivity index (χ0) is 12.6. The minimum atomic E-state index is 0.549. The maximum absolute atomic E-state index is 5.65. The van der Waals surface area contributed by atoms with Gasteiger partial charge < -0.3 is 9.64 Å². The van der Waals surface area contributed by atoms with Gasteiger partial charge in [0.25, 0.3) is 0 Å². The van der Waals surface area contributed by atoms with E-state index in [4.69, 9.17) is 4.74 Å². The first-order chi connectivity index (χ1) is 8.84. The Morgan fingerprint density at radius 2 is 2.06 bits per heavy atom. The summed E-state index contributed by atoms with van der Waals surface area (Å²) in [6.45, 7) is 3.32. The standard InChI is InChI=1S/C16H25NO/c1-17(12-5-9-16-10-6-14-18-16)13-11-15-7-3-2-4-8-15/h2-4,7-8,16H,5-6,9-14H2,1H3/t16-/m0/s1. The highest BCUT2D eigenvalue weighted by Gasteiger charge is 2.14. The van der Waals surface area contributed by atoms with Crippen LogP contribution in [0.5, 0.6) is 0 Å². The Hall–Kier alpha value is -0.860. The van der Waals surface area contributed by atoms with Crippen molar-refractivity contribution in [2.75, 3.05) is 26.7 Å². The third-order valence-corrected chi connectivity index (χ3v) is 3.71. The van der Waals surface area contributed by atoms with Crippen LogP contribution in [0, 0.1) is 0 Å².